The summed E-state index contributed by atoms with van der Waals surface area (Å²) in [5.41, 5.74) is 19.6. The Bertz CT molecular complexity index is 323. The number of hydrogen-bond acceptors (Lipinski definition) is 4. The molecule has 0 radical (unpaired) electrons. The SMILES string of the molecule is COc1c(N)c(N)c(C)c(P)c1N. The van der Waals surface area contributed by atoms with E-state index in [-0.39, 0.29) is 0 Å². The molecule has 1 atom stereocenters. The van der Waals surface area contributed by atoms with Gasteiger partial charge >= 0.3 is 0 Å². The Labute approximate surface area is 79.6 Å². The first-order valence-electron chi connectivity index (χ1n) is 3.77. The lowest BCUT2D eigenvalue weighted by molar-refractivity contribution is 0.419. The fourth-order valence-electron chi connectivity index (χ4n) is 1.16. The molecular formula is C8H14N3OP. The summed E-state index contributed by atoms with van der Waals surface area (Å²) in [5, 5.41) is 0.837. The smallest absolute Gasteiger partial charge is 0.167 e. The van der Waals surface area contributed by atoms with Crippen LogP contribution < -0.4 is 27.2 Å². The minimum absolute atomic E-state index is 0.406. The van der Waals surface area contributed by atoms with E-state index in [0.717, 1.165) is 10.9 Å². The van der Waals surface area contributed by atoms with Gasteiger partial charge in [0.15, 0.2) is 5.75 Å². The van der Waals surface area contributed by atoms with Crippen LogP contribution in [0.2, 0.25) is 0 Å². The molecule has 5 heteroatoms. The molecule has 0 aromatic heterocycles. The summed E-state index contributed by atoms with van der Waals surface area (Å²) in [7, 11) is 4.04. The molecule has 0 spiro atoms. The van der Waals surface area contributed by atoms with Crippen molar-refractivity contribution in [3.63, 3.8) is 0 Å². The molecule has 13 heavy (non-hydrogen) atoms. The number of nitrogens with two attached hydrogens (primary N) is 3. The van der Waals surface area contributed by atoms with Gasteiger partial charge in [0.1, 0.15) is 0 Å². The minimum atomic E-state index is 0.406. The molecule has 0 saturated heterocycles. The van der Waals surface area contributed by atoms with Gasteiger partial charge in [-0.3, -0.25) is 0 Å². The van der Waals surface area contributed by atoms with E-state index in [2.05, 4.69) is 9.24 Å². The normalized spacial score (nSPS) is 10.1. The van der Waals surface area contributed by atoms with Crippen molar-refractivity contribution >= 4 is 31.6 Å². The van der Waals surface area contributed by atoms with Crippen molar-refractivity contribution in [3.8, 4) is 5.75 Å². The van der Waals surface area contributed by atoms with Gasteiger partial charge in [-0.1, -0.05) is 0 Å². The van der Waals surface area contributed by atoms with Gasteiger partial charge in [0.25, 0.3) is 0 Å². The van der Waals surface area contributed by atoms with Crippen LogP contribution in [-0.2, 0) is 0 Å². The Morgan fingerprint density at radius 1 is 1.08 bits per heavy atom. The summed E-state index contributed by atoms with van der Waals surface area (Å²) in [6.45, 7) is 1.86. The summed E-state index contributed by atoms with van der Waals surface area (Å²) in [4.78, 5) is 0. The molecule has 1 unspecified atom stereocenters. The standard InChI is InChI=1S/C8H14N3OP/c1-3-4(9)5(10)7(12-2)6(11)8(3)13/h9-11,13H2,1-2H3. The van der Waals surface area contributed by atoms with Gasteiger partial charge in [0.05, 0.1) is 24.2 Å². The highest BCUT2D eigenvalue weighted by molar-refractivity contribution is 7.28. The number of hydrogen-bond donors (Lipinski definition) is 3. The average molecular weight is 199 g/mol. The van der Waals surface area contributed by atoms with Crippen molar-refractivity contribution < 1.29 is 4.74 Å². The first-order valence-corrected chi connectivity index (χ1v) is 4.34. The van der Waals surface area contributed by atoms with Crippen molar-refractivity contribution in [2.24, 2.45) is 0 Å². The van der Waals surface area contributed by atoms with Gasteiger partial charge in [-0.15, -0.1) is 9.24 Å². The van der Waals surface area contributed by atoms with Gasteiger partial charge in [-0.25, -0.2) is 0 Å². The Kier molecular flexibility index (Phi) is 2.52. The summed E-state index contributed by atoms with van der Waals surface area (Å²) < 4.78 is 5.05. The van der Waals surface area contributed by atoms with E-state index >= 15 is 0 Å². The van der Waals surface area contributed by atoms with Crippen molar-refractivity contribution in [2.45, 2.75) is 6.92 Å². The highest BCUT2D eigenvalue weighted by Gasteiger charge is 2.14. The summed E-state index contributed by atoms with van der Waals surface area (Å²) in [6.07, 6.45) is 0. The maximum atomic E-state index is 5.78. The molecule has 0 fully saturated rings. The van der Waals surface area contributed by atoms with Crippen LogP contribution in [-0.4, -0.2) is 7.11 Å². The molecule has 0 aliphatic heterocycles. The summed E-state index contributed by atoms with van der Waals surface area (Å²) in [5.74, 6) is 0.452. The first kappa shape index (κ1) is 9.93. The number of methoxy groups -OCH3 is 1. The van der Waals surface area contributed by atoms with Gasteiger partial charge in [0, 0.05) is 5.30 Å². The highest BCUT2D eigenvalue weighted by Crippen LogP contribution is 2.35. The van der Waals surface area contributed by atoms with Gasteiger partial charge < -0.3 is 21.9 Å². The molecular weight excluding hydrogens is 185 g/mol. The number of anilines is 3. The summed E-state index contributed by atoms with van der Waals surface area (Å²) >= 11 is 0. The van der Waals surface area contributed by atoms with Crippen LogP contribution in [0.5, 0.6) is 5.75 Å². The average Bonchev–Trinajstić information content (AvgIpc) is 2.13. The quantitative estimate of drug-likeness (QED) is 0.447. The van der Waals surface area contributed by atoms with Crippen LogP contribution in [0.3, 0.4) is 0 Å². The molecule has 0 saturated carbocycles. The molecule has 1 aromatic carbocycles. The Balaban J connectivity index is 3.56. The van der Waals surface area contributed by atoms with Crippen molar-refractivity contribution in [3.05, 3.63) is 5.56 Å². The number of ether oxygens (including phenoxy) is 1. The van der Waals surface area contributed by atoms with E-state index in [1.807, 2.05) is 6.92 Å². The first-order chi connectivity index (χ1) is 6.00. The van der Waals surface area contributed by atoms with E-state index in [9.17, 15) is 0 Å². The highest BCUT2D eigenvalue weighted by atomic mass is 31.0. The third kappa shape index (κ3) is 1.38. The van der Waals surface area contributed by atoms with Crippen LogP contribution in [0.1, 0.15) is 5.56 Å². The van der Waals surface area contributed by atoms with Gasteiger partial charge in [0.2, 0.25) is 0 Å². The topological polar surface area (TPSA) is 87.3 Å². The van der Waals surface area contributed by atoms with Crippen LogP contribution in [0, 0.1) is 6.92 Å². The lowest BCUT2D eigenvalue weighted by Crippen LogP contribution is -2.13. The summed E-state index contributed by atoms with van der Waals surface area (Å²) in [6, 6.07) is 0. The number of rotatable bonds is 1. The largest absolute Gasteiger partial charge is 0.492 e. The molecule has 0 heterocycles. The molecule has 0 amide bonds. The second kappa shape index (κ2) is 3.30. The van der Waals surface area contributed by atoms with E-state index in [1.54, 1.807) is 0 Å². The molecule has 1 aromatic rings. The minimum Gasteiger partial charge on any atom is -0.492 e. The fraction of sp³-hybridized carbons (Fsp3) is 0.250. The monoisotopic (exact) mass is 199 g/mol. The maximum absolute atomic E-state index is 5.78. The Morgan fingerprint density at radius 2 is 1.62 bits per heavy atom. The molecule has 0 aliphatic carbocycles. The zero-order valence-electron chi connectivity index (χ0n) is 7.72. The van der Waals surface area contributed by atoms with Crippen LogP contribution in [0.15, 0.2) is 0 Å². The van der Waals surface area contributed by atoms with Crippen LogP contribution in [0.25, 0.3) is 0 Å². The molecule has 0 bridgehead atoms. The van der Waals surface area contributed by atoms with Gasteiger partial charge in [-0.2, -0.15) is 0 Å². The lowest BCUT2D eigenvalue weighted by atomic mass is 10.1. The Hall–Kier alpha value is -1.15. The van der Waals surface area contributed by atoms with E-state index in [0.29, 0.717) is 22.8 Å². The second-order valence-electron chi connectivity index (χ2n) is 2.81. The number of benzene rings is 1. The van der Waals surface area contributed by atoms with Crippen molar-refractivity contribution in [1.29, 1.82) is 0 Å². The van der Waals surface area contributed by atoms with Crippen molar-refractivity contribution in [1.82, 2.24) is 0 Å². The number of nitrogen functional groups attached to an aromatic ring is 3. The molecule has 1 rings (SSSR count). The van der Waals surface area contributed by atoms with E-state index in [4.69, 9.17) is 21.9 Å². The fourth-order valence-corrected chi connectivity index (χ4v) is 1.45. The zero-order chi connectivity index (χ0) is 10.2. The molecule has 6 N–H and O–H groups in total. The second-order valence-corrected chi connectivity index (χ2v) is 3.39. The zero-order valence-corrected chi connectivity index (χ0v) is 8.87. The third-order valence-electron chi connectivity index (χ3n) is 2.08. The maximum Gasteiger partial charge on any atom is 0.167 e. The lowest BCUT2D eigenvalue weighted by Gasteiger charge is -2.15. The predicted molar refractivity (Wildman–Crippen MR) is 60.3 cm³/mol. The van der Waals surface area contributed by atoms with Gasteiger partial charge in [-0.05, 0) is 12.5 Å². The van der Waals surface area contributed by atoms with E-state index in [1.165, 1.54) is 7.11 Å². The van der Waals surface area contributed by atoms with Crippen molar-refractivity contribution in [2.75, 3.05) is 24.3 Å². The van der Waals surface area contributed by atoms with E-state index < -0.39 is 0 Å². The molecule has 0 aliphatic rings. The molecule has 4 nitrogen and oxygen atoms in total. The predicted octanol–water partition coefficient (Wildman–Crippen LogP) is 0.251. The Morgan fingerprint density at radius 3 is 2.08 bits per heavy atom. The van der Waals surface area contributed by atoms with Crippen LogP contribution in [0.4, 0.5) is 17.1 Å². The third-order valence-corrected chi connectivity index (χ3v) is 2.83. The molecule has 72 valence electrons. The van der Waals surface area contributed by atoms with Crippen LogP contribution >= 0.6 is 9.24 Å².